The zero-order chi connectivity index (χ0) is 12.1. The smallest absolute Gasteiger partial charge is 0.125 e. The minimum atomic E-state index is -1.20. The van der Waals surface area contributed by atoms with Gasteiger partial charge in [0.25, 0.3) is 0 Å². The van der Waals surface area contributed by atoms with E-state index in [9.17, 15) is 0 Å². The van der Waals surface area contributed by atoms with Crippen LogP contribution in [0.4, 0.5) is 0 Å². The zero-order valence-electron chi connectivity index (χ0n) is 11.8. The van der Waals surface area contributed by atoms with Crippen LogP contribution < -0.4 is 4.98 Å². The molecule has 0 aromatic carbocycles. The molecule has 0 atom stereocenters. The Hall–Kier alpha value is 0.137. The van der Waals surface area contributed by atoms with Gasteiger partial charge >= 0.3 is 0 Å². The molecule has 0 unspecified atom stereocenters. The van der Waals surface area contributed by atoms with Crippen LogP contribution in [-0.2, 0) is 0 Å². The fraction of sp³-hybridized carbons (Fsp3) is 1.00. The molecule has 2 nitrogen and oxygen atoms in total. The minimum absolute atomic E-state index is 0.248. The highest BCUT2D eigenvalue weighted by Crippen LogP contribution is 2.20. The summed E-state index contributed by atoms with van der Waals surface area (Å²) in [4.78, 5) is 6.26. The predicted octanol–water partition coefficient (Wildman–Crippen LogP) is 2.92. The molecular weight excluding hydrogens is 200 g/mol. The van der Waals surface area contributed by atoms with Crippen LogP contribution >= 0.6 is 0 Å². The third-order valence-corrected chi connectivity index (χ3v) is 8.61. The van der Waals surface area contributed by atoms with Gasteiger partial charge in [-0.05, 0) is 46.1 Å². The normalized spacial score (nSPS) is 13.6. The molecule has 3 heteroatoms. The van der Waals surface area contributed by atoms with Crippen molar-refractivity contribution in [2.45, 2.75) is 58.3 Å². The van der Waals surface area contributed by atoms with Crippen molar-refractivity contribution in [3.05, 3.63) is 0 Å². The maximum Gasteiger partial charge on any atom is 0.125 e. The molecule has 15 heavy (non-hydrogen) atoms. The first-order chi connectivity index (χ1) is 6.81. The fourth-order valence-electron chi connectivity index (χ4n) is 2.56. The molecule has 0 rings (SSSR count). The lowest BCUT2D eigenvalue weighted by Gasteiger charge is -2.40. The first-order valence-corrected chi connectivity index (χ1v) is 8.87. The van der Waals surface area contributed by atoms with Crippen molar-refractivity contribution in [3.8, 4) is 0 Å². The maximum atomic E-state index is 3.98. The maximum absolute atomic E-state index is 3.98. The van der Waals surface area contributed by atoms with Crippen LogP contribution in [0.5, 0.6) is 0 Å². The standard InChI is InChI=1S/C12H30N2Si/c1-8-15(9-2,10-3)13-12(4,5)11-14(6)7/h13H,8-11H2,1-7H3. The SMILES string of the molecule is CC[Si](CC)(CC)NC(C)(C)CN(C)C. The van der Waals surface area contributed by atoms with E-state index >= 15 is 0 Å². The van der Waals surface area contributed by atoms with E-state index in [4.69, 9.17) is 0 Å². The highest BCUT2D eigenvalue weighted by molar-refractivity contribution is 6.77. The average Bonchev–Trinajstić information content (AvgIpc) is 2.12. The molecule has 0 radical (unpaired) electrons. The van der Waals surface area contributed by atoms with Crippen LogP contribution in [0, 0.1) is 0 Å². The van der Waals surface area contributed by atoms with Gasteiger partial charge in [-0.2, -0.15) is 0 Å². The minimum Gasteiger partial charge on any atom is -0.331 e. The van der Waals surface area contributed by atoms with E-state index in [-0.39, 0.29) is 5.54 Å². The van der Waals surface area contributed by atoms with Gasteiger partial charge in [0.15, 0.2) is 0 Å². The number of rotatable bonds is 7. The van der Waals surface area contributed by atoms with E-state index in [2.05, 4.69) is 58.6 Å². The third kappa shape index (κ3) is 5.14. The van der Waals surface area contributed by atoms with Crippen LogP contribution in [0.1, 0.15) is 34.6 Å². The summed E-state index contributed by atoms with van der Waals surface area (Å²) in [6.07, 6.45) is 0. The van der Waals surface area contributed by atoms with Crippen LogP contribution in [0.2, 0.25) is 18.1 Å². The lowest BCUT2D eigenvalue weighted by molar-refractivity contribution is 0.295. The van der Waals surface area contributed by atoms with Crippen molar-refractivity contribution >= 4 is 8.24 Å². The van der Waals surface area contributed by atoms with E-state index in [0.717, 1.165) is 6.54 Å². The second-order valence-electron chi connectivity index (χ2n) is 5.59. The Bertz CT molecular complexity index is 166. The van der Waals surface area contributed by atoms with E-state index in [1.165, 1.54) is 18.1 Å². The number of nitrogens with zero attached hydrogens (tertiary/aromatic N) is 1. The Morgan fingerprint density at radius 1 is 1.00 bits per heavy atom. The molecule has 0 saturated carbocycles. The molecule has 92 valence electrons. The van der Waals surface area contributed by atoms with Gasteiger partial charge in [0, 0.05) is 12.1 Å². The molecule has 1 N–H and O–H groups in total. The highest BCUT2D eigenvalue weighted by Gasteiger charge is 2.33. The molecular formula is C12H30N2Si. The molecule has 0 heterocycles. The third-order valence-electron chi connectivity index (χ3n) is 3.35. The summed E-state index contributed by atoms with van der Waals surface area (Å²) in [5.41, 5.74) is 0.248. The molecule has 0 saturated heterocycles. The monoisotopic (exact) mass is 230 g/mol. The molecule has 0 aromatic heterocycles. The van der Waals surface area contributed by atoms with Crippen LogP contribution in [0.25, 0.3) is 0 Å². The van der Waals surface area contributed by atoms with Crippen molar-refractivity contribution in [2.75, 3.05) is 20.6 Å². The highest BCUT2D eigenvalue weighted by atomic mass is 28.3. The summed E-state index contributed by atoms with van der Waals surface area (Å²) in [5.74, 6) is 0. The lowest BCUT2D eigenvalue weighted by Crippen LogP contribution is -2.61. The van der Waals surface area contributed by atoms with Gasteiger partial charge in [0.1, 0.15) is 8.24 Å². The van der Waals surface area contributed by atoms with Crippen molar-refractivity contribution in [2.24, 2.45) is 0 Å². The van der Waals surface area contributed by atoms with Crippen LogP contribution in [0.3, 0.4) is 0 Å². The summed E-state index contributed by atoms with van der Waals surface area (Å²) in [7, 11) is 3.10. The molecule has 0 spiro atoms. The molecule has 0 aliphatic carbocycles. The average molecular weight is 230 g/mol. The van der Waals surface area contributed by atoms with Gasteiger partial charge in [-0.25, -0.2) is 0 Å². The molecule has 0 bridgehead atoms. The Labute approximate surface area is 97.5 Å². The Morgan fingerprint density at radius 3 is 1.67 bits per heavy atom. The van der Waals surface area contributed by atoms with Gasteiger partial charge in [0.2, 0.25) is 0 Å². The fourth-order valence-corrected chi connectivity index (χ4v) is 6.11. The number of hydrogen-bond acceptors (Lipinski definition) is 2. The van der Waals surface area contributed by atoms with Gasteiger partial charge in [-0.3, -0.25) is 0 Å². The largest absolute Gasteiger partial charge is 0.331 e. The number of likely N-dealkylation sites (N-methyl/N-ethyl adjacent to an activating group) is 1. The van der Waals surface area contributed by atoms with E-state index < -0.39 is 8.24 Å². The quantitative estimate of drug-likeness (QED) is 0.677. The second-order valence-corrected chi connectivity index (χ2v) is 10.5. The van der Waals surface area contributed by atoms with Crippen molar-refractivity contribution in [1.29, 1.82) is 0 Å². The Morgan fingerprint density at radius 2 is 1.40 bits per heavy atom. The van der Waals surface area contributed by atoms with E-state index in [1.807, 2.05) is 0 Å². The van der Waals surface area contributed by atoms with Gasteiger partial charge in [-0.15, -0.1) is 0 Å². The van der Waals surface area contributed by atoms with Crippen molar-refractivity contribution in [3.63, 3.8) is 0 Å². The van der Waals surface area contributed by atoms with Crippen LogP contribution in [-0.4, -0.2) is 39.3 Å². The number of hydrogen-bond donors (Lipinski definition) is 1. The van der Waals surface area contributed by atoms with Crippen molar-refractivity contribution < 1.29 is 0 Å². The molecule has 0 fully saturated rings. The molecule has 0 amide bonds. The first kappa shape index (κ1) is 15.1. The summed E-state index contributed by atoms with van der Waals surface area (Å²) >= 11 is 0. The molecule has 0 aliphatic heterocycles. The topological polar surface area (TPSA) is 15.3 Å². The van der Waals surface area contributed by atoms with Gasteiger partial charge in [-0.1, -0.05) is 20.8 Å². The van der Waals surface area contributed by atoms with E-state index in [0.29, 0.717) is 0 Å². The number of nitrogens with one attached hydrogen (secondary N) is 1. The van der Waals surface area contributed by atoms with Crippen molar-refractivity contribution in [1.82, 2.24) is 9.88 Å². The summed E-state index contributed by atoms with van der Waals surface area (Å²) < 4.78 is 0. The summed E-state index contributed by atoms with van der Waals surface area (Å²) in [6, 6.07) is 4.03. The summed E-state index contributed by atoms with van der Waals surface area (Å²) in [6.45, 7) is 12.8. The summed E-state index contributed by atoms with van der Waals surface area (Å²) in [5, 5.41) is 0. The lowest BCUT2D eigenvalue weighted by atomic mass is 10.1. The van der Waals surface area contributed by atoms with Gasteiger partial charge < -0.3 is 9.88 Å². The predicted molar refractivity (Wildman–Crippen MR) is 73.0 cm³/mol. The molecule has 0 aliphatic rings. The second kappa shape index (κ2) is 6.02. The first-order valence-electron chi connectivity index (χ1n) is 6.25. The Kier molecular flexibility index (Phi) is 6.07. The van der Waals surface area contributed by atoms with Crippen LogP contribution in [0.15, 0.2) is 0 Å². The zero-order valence-corrected chi connectivity index (χ0v) is 12.8. The molecule has 0 aromatic rings. The van der Waals surface area contributed by atoms with Gasteiger partial charge in [0.05, 0.1) is 0 Å². The Balaban J connectivity index is 4.51. The van der Waals surface area contributed by atoms with E-state index in [1.54, 1.807) is 0 Å².